The molecule has 29 heavy (non-hydrogen) atoms. The minimum Gasteiger partial charge on any atom is -0.462 e. The fourth-order valence-corrected chi connectivity index (χ4v) is 4.01. The van der Waals surface area contributed by atoms with Crippen molar-refractivity contribution in [3.8, 4) is 0 Å². The van der Waals surface area contributed by atoms with Crippen LogP contribution in [-0.2, 0) is 4.74 Å². The number of nitrogens with zero attached hydrogens (tertiary/aromatic N) is 1. The van der Waals surface area contributed by atoms with E-state index in [0.717, 1.165) is 32.5 Å². The Balaban J connectivity index is 1.47. The highest BCUT2D eigenvalue weighted by Gasteiger charge is 2.22. The maximum absolute atomic E-state index is 12.8. The van der Waals surface area contributed by atoms with E-state index in [1.807, 2.05) is 6.07 Å². The van der Waals surface area contributed by atoms with Crippen LogP contribution in [0.2, 0.25) is 0 Å². The lowest BCUT2D eigenvalue weighted by Gasteiger charge is -2.31. The van der Waals surface area contributed by atoms with E-state index in [-0.39, 0.29) is 5.43 Å². The van der Waals surface area contributed by atoms with Crippen molar-refractivity contribution in [2.75, 3.05) is 26.2 Å². The molecule has 0 aliphatic carbocycles. The summed E-state index contributed by atoms with van der Waals surface area (Å²) in [7, 11) is 0. The Bertz CT molecular complexity index is 1060. The van der Waals surface area contributed by atoms with Gasteiger partial charge < -0.3 is 14.1 Å². The number of rotatable bonds is 6. The number of hydrogen-bond donors (Lipinski definition) is 0. The third-order valence-electron chi connectivity index (χ3n) is 5.81. The van der Waals surface area contributed by atoms with Crippen LogP contribution >= 0.6 is 0 Å². The SMILES string of the molecule is CCCCN1CCC(COC(=O)c2cccc3c(=O)c4ccccc4oc23)CC1. The molecule has 1 aliphatic rings. The Hall–Kier alpha value is -2.66. The molecule has 0 bridgehead atoms. The van der Waals surface area contributed by atoms with Crippen molar-refractivity contribution in [3.05, 3.63) is 58.3 Å². The van der Waals surface area contributed by atoms with Crippen LogP contribution in [0, 0.1) is 5.92 Å². The molecule has 1 aliphatic heterocycles. The average Bonchev–Trinajstić information content (AvgIpc) is 2.76. The van der Waals surface area contributed by atoms with Gasteiger partial charge in [0.15, 0.2) is 5.58 Å². The molecule has 4 rings (SSSR count). The van der Waals surface area contributed by atoms with Gasteiger partial charge in [0.1, 0.15) is 11.1 Å². The van der Waals surface area contributed by atoms with Crippen LogP contribution in [-0.4, -0.2) is 37.1 Å². The van der Waals surface area contributed by atoms with Crippen molar-refractivity contribution in [1.29, 1.82) is 0 Å². The Morgan fingerprint density at radius 3 is 2.66 bits per heavy atom. The first-order chi connectivity index (χ1) is 14.2. The third-order valence-corrected chi connectivity index (χ3v) is 5.81. The van der Waals surface area contributed by atoms with Gasteiger partial charge in [0.2, 0.25) is 5.43 Å². The highest BCUT2D eigenvalue weighted by atomic mass is 16.5. The number of hydrogen-bond acceptors (Lipinski definition) is 5. The van der Waals surface area contributed by atoms with Gasteiger partial charge in [-0.15, -0.1) is 0 Å². The number of unbranched alkanes of at least 4 members (excludes halogenated alkanes) is 1. The first-order valence-corrected chi connectivity index (χ1v) is 10.5. The van der Waals surface area contributed by atoms with Crippen LogP contribution < -0.4 is 5.43 Å². The van der Waals surface area contributed by atoms with E-state index in [1.54, 1.807) is 36.4 Å². The van der Waals surface area contributed by atoms with Gasteiger partial charge in [-0.25, -0.2) is 4.79 Å². The maximum Gasteiger partial charge on any atom is 0.341 e. The van der Waals surface area contributed by atoms with E-state index >= 15 is 0 Å². The van der Waals surface area contributed by atoms with Gasteiger partial charge in [-0.3, -0.25) is 4.79 Å². The van der Waals surface area contributed by atoms with Crippen molar-refractivity contribution in [2.24, 2.45) is 5.92 Å². The number of benzene rings is 2. The highest BCUT2D eigenvalue weighted by Crippen LogP contribution is 2.23. The Morgan fingerprint density at radius 2 is 1.86 bits per heavy atom. The van der Waals surface area contributed by atoms with Crippen LogP contribution in [0.25, 0.3) is 21.9 Å². The van der Waals surface area contributed by atoms with E-state index in [0.29, 0.717) is 40.0 Å². The second-order valence-corrected chi connectivity index (χ2v) is 7.85. The standard InChI is InChI=1S/C24H27NO4/c1-2-3-13-25-14-11-17(12-15-25)16-28-24(27)20-9-6-8-19-22(26)18-7-4-5-10-21(18)29-23(19)20/h4-10,17H,2-3,11-16H2,1H3. The van der Waals surface area contributed by atoms with Crippen molar-refractivity contribution in [3.63, 3.8) is 0 Å². The van der Waals surface area contributed by atoms with E-state index in [1.165, 1.54) is 12.8 Å². The number of carbonyl (C=O) groups excluding carboxylic acids is 1. The van der Waals surface area contributed by atoms with Gasteiger partial charge in [-0.2, -0.15) is 0 Å². The molecule has 0 amide bonds. The molecule has 1 aromatic heterocycles. The highest BCUT2D eigenvalue weighted by molar-refractivity contribution is 6.03. The van der Waals surface area contributed by atoms with Crippen LogP contribution in [0.3, 0.4) is 0 Å². The van der Waals surface area contributed by atoms with Gasteiger partial charge in [0.25, 0.3) is 0 Å². The smallest absolute Gasteiger partial charge is 0.341 e. The fourth-order valence-electron chi connectivity index (χ4n) is 4.01. The summed E-state index contributed by atoms with van der Waals surface area (Å²) >= 11 is 0. The number of esters is 1. The van der Waals surface area contributed by atoms with Crippen molar-refractivity contribution in [1.82, 2.24) is 4.90 Å². The van der Waals surface area contributed by atoms with Crippen LogP contribution in [0.4, 0.5) is 0 Å². The Labute approximate surface area is 170 Å². The van der Waals surface area contributed by atoms with Crippen LogP contribution in [0.1, 0.15) is 43.0 Å². The number of piperidine rings is 1. The first kappa shape index (κ1) is 19.6. The van der Waals surface area contributed by atoms with Crippen LogP contribution in [0.15, 0.2) is 51.7 Å². The number of carbonyl (C=O) groups is 1. The molecular weight excluding hydrogens is 366 g/mol. The lowest BCUT2D eigenvalue weighted by atomic mass is 9.97. The summed E-state index contributed by atoms with van der Waals surface area (Å²) in [4.78, 5) is 28.0. The molecule has 0 atom stereocenters. The monoisotopic (exact) mass is 393 g/mol. The Morgan fingerprint density at radius 1 is 1.10 bits per heavy atom. The van der Waals surface area contributed by atoms with Gasteiger partial charge in [0.05, 0.1) is 17.4 Å². The predicted octanol–water partition coefficient (Wildman–Crippen LogP) is 4.62. The topological polar surface area (TPSA) is 59.8 Å². The predicted molar refractivity (Wildman–Crippen MR) is 114 cm³/mol. The molecule has 2 aromatic carbocycles. The molecule has 152 valence electrons. The zero-order valence-electron chi connectivity index (χ0n) is 16.9. The average molecular weight is 393 g/mol. The second kappa shape index (κ2) is 8.78. The van der Waals surface area contributed by atoms with Gasteiger partial charge in [-0.05, 0) is 69.1 Å². The number of para-hydroxylation sites is 2. The molecule has 0 saturated carbocycles. The van der Waals surface area contributed by atoms with E-state index in [4.69, 9.17) is 9.15 Å². The quantitative estimate of drug-likeness (QED) is 0.452. The minimum absolute atomic E-state index is 0.129. The molecule has 0 spiro atoms. The summed E-state index contributed by atoms with van der Waals surface area (Å²) in [5.74, 6) is -0.0397. The summed E-state index contributed by atoms with van der Waals surface area (Å²) in [6.45, 7) is 5.92. The zero-order chi connectivity index (χ0) is 20.2. The van der Waals surface area contributed by atoms with Crippen LogP contribution in [0.5, 0.6) is 0 Å². The molecule has 3 aromatic rings. The van der Waals surface area contributed by atoms with Crippen molar-refractivity contribution < 1.29 is 13.9 Å². The molecule has 5 heteroatoms. The maximum atomic E-state index is 12.8. The molecule has 0 radical (unpaired) electrons. The number of fused-ring (bicyclic) bond motifs is 2. The lowest BCUT2D eigenvalue weighted by Crippen LogP contribution is -2.36. The van der Waals surface area contributed by atoms with Gasteiger partial charge in [-0.1, -0.05) is 31.5 Å². The number of likely N-dealkylation sites (tertiary alicyclic amines) is 1. The summed E-state index contributed by atoms with van der Waals surface area (Å²) in [5, 5.41) is 0.919. The molecule has 5 nitrogen and oxygen atoms in total. The molecule has 0 N–H and O–H groups in total. The molecular formula is C24H27NO4. The Kier molecular flexibility index (Phi) is 5.95. The summed E-state index contributed by atoms with van der Waals surface area (Å²) in [6, 6.07) is 12.1. The molecule has 0 unspecified atom stereocenters. The van der Waals surface area contributed by atoms with Gasteiger partial charge >= 0.3 is 5.97 Å². The van der Waals surface area contributed by atoms with E-state index in [9.17, 15) is 9.59 Å². The molecule has 1 fully saturated rings. The second-order valence-electron chi connectivity index (χ2n) is 7.85. The first-order valence-electron chi connectivity index (χ1n) is 10.5. The minimum atomic E-state index is -0.428. The normalized spacial score (nSPS) is 15.8. The third kappa shape index (κ3) is 4.20. The molecule has 2 heterocycles. The lowest BCUT2D eigenvalue weighted by molar-refractivity contribution is 0.0373. The summed E-state index contributed by atoms with van der Waals surface area (Å²) < 4.78 is 11.5. The van der Waals surface area contributed by atoms with Gasteiger partial charge in [0, 0.05) is 0 Å². The molecule has 1 saturated heterocycles. The zero-order valence-corrected chi connectivity index (χ0v) is 16.9. The number of ether oxygens (including phenoxy) is 1. The van der Waals surface area contributed by atoms with E-state index in [2.05, 4.69) is 11.8 Å². The summed E-state index contributed by atoms with van der Waals surface area (Å²) in [5.41, 5.74) is 0.960. The van der Waals surface area contributed by atoms with Crippen molar-refractivity contribution >= 4 is 27.9 Å². The van der Waals surface area contributed by atoms with Crippen molar-refractivity contribution in [2.45, 2.75) is 32.6 Å². The summed E-state index contributed by atoms with van der Waals surface area (Å²) in [6.07, 6.45) is 4.55. The van der Waals surface area contributed by atoms with E-state index < -0.39 is 5.97 Å². The fraction of sp³-hybridized carbons (Fsp3) is 0.417. The largest absolute Gasteiger partial charge is 0.462 e.